The Kier molecular flexibility index (Phi) is 4.86. The Balaban J connectivity index is 2.04. The third-order valence-corrected chi connectivity index (χ3v) is 4.14. The molecule has 142 valence electrons. The van der Waals surface area contributed by atoms with Gasteiger partial charge in [-0.25, -0.2) is 9.48 Å². The number of hydrogen-bond acceptors (Lipinski definition) is 6. The number of aromatic nitrogens is 2. The van der Waals surface area contributed by atoms with E-state index in [9.17, 15) is 29.6 Å². The molecule has 0 fully saturated rings. The van der Waals surface area contributed by atoms with Crippen molar-refractivity contribution in [2.75, 3.05) is 5.32 Å². The third kappa shape index (κ3) is 3.30. The first kappa shape index (κ1) is 18.7. The molecule has 0 aliphatic rings. The molecule has 1 unspecified atom stereocenters. The number of nitrogens with zero attached hydrogens (tertiary/aromatic N) is 3. The Morgan fingerprint density at radius 3 is 2.39 bits per heavy atom. The second kappa shape index (κ2) is 7.27. The summed E-state index contributed by atoms with van der Waals surface area (Å²) >= 11 is 0. The summed E-state index contributed by atoms with van der Waals surface area (Å²) in [7, 11) is 0. The molecule has 1 amide bonds. The van der Waals surface area contributed by atoms with E-state index < -0.39 is 28.4 Å². The molecule has 0 spiro atoms. The molecule has 1 aromatic heterocycles. The molecule has 0 saturated heterocycles. The summed E-state index contributed by atoms with van der Waals surface area (Å²) in [6.45, 7) is 1.35. The van der Waals surface area contributed by atoms with E-state index in [-0.39, 0.29) is 27.8 Å². The number of fused-ring (bicyclic) bond motifs is 1. The number of carboxylic acid groups (broad SMARTS) is 1. The van der Waals surface area contributed by atoms with Crippen LogP contribution in [0, 0.1) is 10.1 Å². The van der Waals surface area contributed by atoms with Crippen LogP contribution in [0.1, 0.15) is 23.5 Å². The Morgan fingerprint density at radius 2 is 1.75 bits per heavy atom. The maximum absolute atomic E-state index is 12.7. The first-order chi connectivity index (χ1) is 13.3. The van der Waals surface area contributed by atoms with Gasteiger partial charge in [-0.2, -0.15) is 5.10 Å². The second-order valence-electron chi connectivity index (χ2n) is 5.89. The maximum Gasteiger partial charge on any atom is 0.357 e. The Bertz CT molecular complexity index is 1170. The molecule has 0 saturated carbocycles. The lowest BCUT2D eigenvalue weighted by atomic mass is 10.1. The largest absolute Gasteiger partial charge is 0.476 e. The summed E-state index contributed by atoms with van der Waals surface area (Å²) in [5.41, 5.74) is -1.38. The van der Waals surface area contributed by atoms with Crippen LogP contribution in [0.5, 0.6) is 0 Å². The Labute approximate surface area is 157 Å². The number of carbonyl (C=O) groups excluding carboxylic acids is 1. The van der Waals surface area contributed by atoms with Crippen LogP contribution in [0.3, 0.4) is 0 Å². The lowest BCUT2D eigenvalue weighted by Crippen LogP contribution is -2.35. The van der Waals surface area contributed by atoms with Gasteiger partial charge in [0, 0.05) is 11.5 Å². The van der Waals surface area contributed by atoms with Crippen molar-refractivity contribution in [1.82, 2.24) is 9.78 Å². The summed E-state index contributed by atoms with van der Waals surface area (Å²) in [5.74, 6) is -2.10. The number of aromatic carboxylic acids is 1. The van der Waals surface area contributed by atoms with Crippen LogP contribution < -0.4 is 10.9 Å². The van der Waals surface area contributed by atoms with Gasteiger partial charge in [0.1, 0.15) is 11.7 Å². The van der Waals surface area contributed by atoms with Gasteiger partial charge in [-0.3, -0.25) is 19.7 Å². The number of carboxylic acids is 1. The molecule has 0 radical (unpaired) electrons. The zero-order valence-electron chi connectivity index (χ0n) is 14.5. The molecule has 10 nitrogen and oxygen atoms in total. The van der Waals surface area contributed by atoms with Gasteiger partial charge in [0.2, 0.25) is 5.91 Å². The van der Waals surface area contributed by atoms with E-state index in [1.54, 1.807) is 12.1 Å². The van der Waals surface area contributed by atoms with Crippen LogP contribution in [0.15, 0.2) is 53.3 Å². The summed E-state index contributed by atoms with van der Waals surface area (Å²) in [6.07, 6.45) is 0. The molecular formula is C18H14N4O6. The van der Waals surface area contributed by atoms with Gasteiger partial charge in [-0.1, -0.05) is 30.3 Å². The summed E-state index contributed by atoms with van der Waals surface area (Å²) in [4.78, 5) is 47.2. The highest BCUT2D eigenvalue weighted by atomic mass is 16.6. The van der Waals surface area contributed by atoms with E-state index >= 15 is 0 Å². The monoisotopic (exact) mass is 382 g/mol. The number of rotatable bonds is 5. The first-order valence-corrected chi connectivity index (χ1v) is 8.10. The lowest BCUT2D eigenvalue weighted by molar-refractivity contribution is -0.383. The Hall–Kier alpha value is -4.08. The number of para-hydroxylation sites is 2. The molecule has 10 heteroatoms. The minimum absolute atomic E-state index is 0.0448. The third-order valence-electron chi connectivity index (χ3n) is 4.14. The van der Waals surface area contributed by atoms with Gasteiger partial charge in [0.25, 0.3) is 11.2 Å². The predicted molar refractivity (Wildman–Crippen MR) is 99.4 cm³/mol. The number of nitro benzene ring substituents is 1. The molecule has 2 N–H and O–H groups in total. The average Bonchev–Trinajstić information content (AvgIpc) is 2.68. The fourth-order valence-corrected chi connectivity index (χ4v) is 2.71. The number of benzene rings is 2. The Morgan fingerprint density at radius 1 is 1.14 bits per heavy atom. The zero-order valence-corrected chi connectivity index (χ0v) is 14.5. The molecule has 1 heterocycles. The van der Waals surface area contributed by atoms with E-state index in [1.807, 2.05) is 0 Å². The number of nitrogens with one attached hydrogen (secondary N) is 1. The summed E-state index contributed by atoms with van der Waals surface area (Å²) in [6, 6.07) is 10.4. The fraction of sp³-hybridized carbons (Fsp3) is 0.111. The van der Waals surface area contributed by atoms with Crippen molar-refractivity contribution in [2.45, 2.75) is 13.0 Å². The molecule has 0 aliphatic heterocycles. The van der Waals surface area contributed by atoms with Gasteiger partial charge >= 0.3 is 5.97 Å². The van der Waals surface area contributed by atoms with Gasteiger partial charge in [0.15, 0.2) is 5.69 Å². The number of hydrogen-bond donors (Lipinski definition) is 2. The SMILES string of the molecule is CC(C(=O)Nc1ccccc1[N+](=O)[O-])n1nc(C(=O)O)c2ccccc2c1=O. The number of anilines is 1. The van der Waals surface area contributed by atoms with Crippen molar-refractivity contribution < 1.29 is 19.6 Å². The van der Waals surface area contributed by atoms with Gasteiger partial charge < -0.3 is 10.4 Å². The van der Waals surface area contributed by atoms with Crippen LogP contribution in [0.4, 0.5) is 11.4 Å². The molecule has 0 bridgehead atoms. The highest BCUT2D eigenvalue weighted by Crippen LogP contribution is 2.24. The zero-order chi connectivity index (χ0) is 20.4. The lowest BCUT2D eigenvalue weighted by Gasteiger charge is -2.15. The molecule has 1 atom stereocenters. The second-order valence-corrected chi connectivity index (χ2v) is 5.89. The van der Waals surface area contributed by atoms with Crippen LogP contribution in [-0.2, 0) is 4.79 Å². The van der Waals surface area contributed by atoms with Crippen LogP contribution in [0.25, 0.3) is 10.8 Å². The van der Waals surface area contributed by atoms with Crippen molar-refractivity contribution >= 4 is 34.0 Å². The minimum Gasteiger partial charge on any atom is -0.476 e. The van der Waals surface area contributed by atoms with Crippen molar-refractivity contribution in [2.24, 2.45) is 0 Å². The van der Waals surface area contributed by atoms with E-state index in [4.69, 9.17) is 0 Å². The molecule has 3 rings (SSSR count). The highest BCUT2D eigenvalue weighted by molar-refractivity contribution is 6.01. The maximum atomic E-state index is 12.7. The fourth-order valence-electron chi connectivity index (χ4n) is 2.71. The van der Waals surface area contributed by atoms with Gasteiger partial charge in [-0.05, 0) is 19.1 Å². The average molecular weight is 382 g/mol. The van der Waals surface area contributed by atoms with Crippen molar-refractivity contribution in [1.29, 1.82) is 0 Å². The summed E-state index contributed by atoms with van der Waals surface area (Å²) < 4.78 is 0.760. The molecule has 3 aromatic rings. The number of carbonyl (C=O) groups is 2. The number of amides is 1. The van der Waals surface area contributed by atoms with Crippen LogP contribution in [0.2, 0.25) is 0 Å². The van der Waals surface area contributed by atoms with Crippen molar-refractivity contribution in [3.63, 3.8) is 0 Å². The number of nitro groups is 1. The molecule has 0 aliphatic carbocycles. The van der Waals surface area contributed by atoms with Crippen molar-refractivity contribution in [3.05, 3.63) is 74.7 Å². The van der Waals surface area contributed by atoms with Crippen LogP contribution >= 0.6 is 0 Å². The van der Waals surface area contributed by atoms with E-state index in [0.29, 0.717) is 0 Å². The highest BCUT2D eigenvalue weighted by Gasteiger charge is 2.24. The molecule has 2 aromatic carbocycles. The predicted octanol–water partition coefficient (Wildman–Crippen LogP) is 2.20. The van der Waals surface area contributed by atoms with E-state index in [1.165, 1.54) is 43.3 Å². The van der Waals surface area contributed by atoms with E-state index in [2.05, 4.69) is 10.4 Å². The van der Waals surface area contributed by atoms with Crippen molar-refractivity contribution in [3.8, 4) is 0 Å². The molecule has 28 heavy (non-hydrogen) atoms. The quantitative estimate of drug-likeness (QED) is 0.508. The van der Waals surface area contributed by atoms with Crippen LogP contribution in [-0.4, -0.2) is 31.7 Å². The normalized spacial score (nSPS) is 11.8. The first-order valence-electron chi connectivity index (χ1n) is 8.10. The van der Waals surface area contributed by atoms with Gasteiger partial charge in [0.05, 0.1) is 10.3 Å². The standard InChI is InChI=1S/C18H14N4O6/c1-10(16(23)19-13-8-4-5-9-14(13)22(27)28)21-17(24)12-7-3-2-6-11(12)15(20-21)18(25)26/h2-10H,1H3,(H,19,23)(H,25,26). The summed E-state index contributed by atoms with van der Waals surface area (Å²) in [5, 5.41) is 27.0. The minimum atomic E-state index is -1.35. The topological polar surface area (TPSA) is 144 Å². The molecular weight excluding hydrogens is 368 g/mol. The smallest absolute Gasteiger partial charge is 0.357 e. The van der Waals surface area contributed by atoms with Gasteiger partial charge in [-0.15, -0.1) is 0 Å². The van der Waals surface area contributed by atoms with E-state index in [0.717, 1.165) is 4.68 Å².